The molecule has 1 N–H and O–H groups in total. The van der Waals surface area contributed by atoms with Crippen LogP contribution in [-0.4, -0.2) is 27.8 Å². The molecule has 2 aromatic carbocycles. The fraction of sp³-hybridized carbons (Fsp3) is 0.130. The van der Waals surface area contributed by atoms with Gasteiger partial charge in [0.2, 0.25) is 0 Å². The van der Waals surface area contributed by atoms with E-state index in [1.807, 2.05) is 30.3 Å². The van der Waals surface area contributed by atoms with E-state index >= 15 is 0 Å². The number of benzene rings is 2. The van der Waals surface area contributed by atoms with Gasteiger partial charge in [-0.25, -0.2) is 9.78 Å². The minimum absolute atomic E-state index is 0.197. The number of esters is 1. The summed E-state index contributed by atoms with van der Waals surface area (Å²) in [6.07, 6.45) is 0. The molecular weight excluding hydrogens is 396 g/mol. The van der Waals surface area contributed by atoms with Gasteiger partial charge >= 0.3 is 5.97 Å². The second-order valence-corrected chi connectivity index (χ2v) is 7.34. The first-order chi connectivity index (χ1) is 14.7. The molecule has 0 aliphatic rings. The average molecular weight is 417 g/mol. The van der Waals surface area contributed by atoms with E-state index in [-0.39, 0.29) is 5.69 Å². The van der Waals surface area contributed by atoms with Gasteiger partial charge in [0, 0.05) is 23.1 Å². The third-order valence-corrected chi connectivity index (χ3v) is 5.26. The van der Waals surface area contributed by atoms with Crippen LogP contribution in [0.2, 0.25) is 0 Å². The van der Waals surface area contributed by atoms with Gasteiger partial charge in [-0.05, 0) is 30.7 Å². The van der Waals surface area contributed by atoms with Crippen molar-refractivity contribution in [2.75, 3.05) is 11.9 Å². The summed E-state index contributed by atoms with van der Waals surface area (Å²) in [7, 11) is 0. The zero-order chi connectivity index (χ0) is 20.8. The summed E-state index contributed by atoms with van der Waals surface area (Å²) in [4.78, 5) is 16.4. The Kier molecular flexibility index (Phi) is 6.10. The average Bonchev–Trinajstić information content (AvgIpc) is 3.29. The summed E-state index contributed by atoms with van der Waals surface area (Å²) in [6, 6.07) is 21.7. The first kappa shape index (κ1) is 19.7. The van der Waals surface area contributed by atoms with E-state index in [9.17, 15) is 4.79 Å². The summed E-state index contributed by atoms with van der Waals surface area (Å²) >= 11 is 1.63. The van der Waals surface area contributed by atoms with Crippen molar-refractivity contribution in [2.45, 2.75) is 13.5 Å². The van der Waals surface area contributed by atoms with Crippen molar-refractivity contribution in [1.82, 2.24) is 15.2 Å². The van der Waals surface area contributed by atoms with Crippen molar-refractivity contribution in [2.24, 2.45) is 0 Å². The maximum absolute atomic E-state index is 11.6. The fourth-order valence-electron chi connectivity index (χ4n) is 2.90. The van der Waals surface area contributed by atoms with Crippen molar-refractivity contribution >= 4 is 23.1 Å². The highest BCUT2D eigenvalue weighted by Crippen LogP contribution is 2.29. The van der Waals surface area contributed by atoms with E-state index in [2.05, 4.69) is 45.2 Å². The maximum atomic E-state index is 11.6. The van der Waals surface area contributed by atoms with Crippen LogP contribution in [0.5, 0.6) is 0 Å². The van der Waals surface area contributed by atoms with E-state index in [1.54, 1.807) is 30.4 Å². The number of thiazole rings is 1. The van der Waals surface area contributed by atoms with Crippen molar-refractivity contribution in [3.05, 3.63) is 83.4 Å². The largest absolute Gasteiger partial charge is 0.461 e. The second kappa shape index (κ2) is 9.28. The van der Waals surface area contributed by atoms with E-state index in [0.29, 0.717) is 19.0 Å². The molecule has 0 aliphatic carbocycles. The normalized spacial score (nSPS) is 10.6. The lowest BCUT2D eigenvalue weighted by molar-refractivity contribution is 0.0518. The molecule has 7 heteroatoms. The van der Waals surface area contributed by atoms with Crippen LogP contribution in [0.1, 0.15) is 23.0 Å². The van der Waals surface area contributed by atoms with Crippen molar-refractivity contribution in [3.63, 3.8) is 0 Å². The number of nitrogens with zero attached hydrogens (tertiary/aromatic N) is 3. The highest BCUT2D eigenvalue weighted by molar-refractivity contribution is 7.13. The first-order valence-corrected chi connectivity index (χ1v) is 10.5. The van der Waals surface area contributed by atoms with Crippen molar-refractivity contribution < 1.29 is 9.53 Å². The molecule has 0 atom stereocenters. The van der Waals surface area contributed by atoms with Crippen molar-refractivity contribution in [3.8, 4) is 21.8 Å². The fourth-order valence-corrected chi connectivity index (χ4v) is 3.72. The third-order valence-electron chi connectivity index (χ3n) is 4.37. The molecule has 6 nitrogen and oxygen atoms in total. The number of aromatic nitrogens is 3. The molecule has 0 aliphatic heterocycles. The summed E-state index contributed by atoms with van der Waals surface area (Å²) < 4.78 is 4.92. The molecule has 0 amide bonds. The summed E-state index contributed by atoms with van der Waals surface area (Å²) in [5, 5.41) is 14.2. The Morgan fingerprint density at radius 2 is 1.83 bits per heavy atom. The third kappa shape index (κ3) is 4.69. The monoisotopic (exact) mass is 416 g/mol. The molecule has 4 rings (SSSR count). The Labute approximate surface area is 178 Å². The number of hydrogen-bond donors (Lipinski definition) is 1. The van der Waals surface area contributed by atoms with E-state index in [0.717, 1.165) is 27.4 Å². The van der Waals surface area contributed by atoms with Crippen LogP contribution in [0.25, 0.3) is 21.8 Å². The first-order valence-electron chi connectivity index (χ1n) is 9.58. The number of nitrogens with one attached hydrogen (secondary N) is 1. The van der Waals surface area contributed by atoms with Gasteiger partial charge in [-0.15, -0.1) is 21.5 Å². The molecule has 2 aromatic heterocycles. The number of rotatable bonds is 7. The molecule has 0 saturated carbocycles. The summed E-state index contributed by atoms with van der Waals surface area (Å²) in [5.41, 5.74) is 4.46. The van der Waals surface area contributed by atoms with Crippen LogP contribution in [0.4, 0.5) is 5.82 Å². The lowest BCUT2D eigenvalue weighted by atomic mass is 10.1. The number of hydrogen-bond acceptors (Lipinski definition) is 7. The van der Waals surface area contributed by atoms with Gasteiger partial charge in [-0.2, -0.15) is 0 Å². The summed E-state index contributed by atoms with van der Waals surface area (Å²) in [6.45, 7) is 2.64. The molecule has 2 heterocycles. The highest BCUT2D eigenvalue weighted by atomic mass is 32.1. The van der Waals surface area contributed by atoms with Crippen LogP contribution in [-0.2, 0) is 11.3 Å². The molecule has 150 valence electrons. The predicted molar refractivity (Wildman–Crippen MR) is 118 cm³/mol. The zero-order valence-electron chi connectivity index (χ0n) is 16.4. The molecule has 0 spiro atoms. The van der Waals surface area contributed by atoms with Gasteiger partial charge in [0.15, 0.2) is 5.69 Å². The quantitative estimate of drug-likeness (QED) is 0.425. The zero-order valence-corrected chi connectivity index (χ0v) is 17.2. The van der Waals surface area contributed by atoms with Crippen molar-refractivity contribution in [1.29, 1.82) is 0 Å². The molecular formula is C23H20N4O2S. The Balaban J connectivity index is 1.43. The van der Waals surface area contributed by atoms with Crippen LogP contribution in [0, 0.1) is 0 Å². The number of ether oxygens (including phenoxy) is 1. The Bertz CT molecular complexity index is 1130. The topological polar surface area (TPSA) is 77.0 Å². The van der Waals surface area contributed by atoms with Gasteiger partial charge in [0.25, 0.3) is 0 Å². The van der Waals surface area contributed by atoms with Gasteiger partial charge in [-0.3, -0.25) is 0 Å². The molecule has 4 aromatic rings. The molecule has 0 radical (unpaired) electrons. The molecule has 0 fully saturated rings. The Morgan fingerprint density at radius 3 is 2.60 bits per heavy atom. The van der Waals surface area contributed by atoms with Gasteiger partial charge in [0.05, 0.1) is 12.3 Å². The second-order valence-electron chi connectivity index (χ2n) is 6.48. The van der Waals surface area contributed by atoms with E-state index in [1.165, 1.54) is 0 Å². The molecule has 0 bridgehead atoms. The molecule has 30 heavy (non-hydrogen) atoms. The maximum Gasteiger partial charge on any atom is 0.358 e. The van der Waals surface area contributed by atoms with E-state index in [4.69, 9.17) is 9.72 Å². The van der Waals surface area contributed by atoms with E-state index < -0.39 is 5.97 Å². The summed E-state index contributed by atoms with van der Waals surface area (Å²) in [5.74, 6) is 0.122. The number of anilines is 1. The lowest BCUT2D eigenvalue weighted by Gasteiger charge is -2.07. The van der Waals surface area contributed by atoms with Crippen LogP contribution < -0.4 is 5.32 Å². The Hall–Kier alpha value is -3.58. The lowest BCUT2D eigenvalue weighted by Crippen LogP contribution is -2.09. The van der Waals surface area contributed by atoms with Gasteiger partial charge < -0.3 is 10.1 Å². The standard InChI is InChI=1S/C23H20N4O2S/c1-2-29-23(28)19-11-12-21(27-26-19)24-14-16-7-6-10-18(13-16)22-25-20(15-30-22)17-8-4-3-5-9-17/h3-13,15H,2,14H2,1H3,(H,24,27). The van der Waals surface area contributed by atoms with Crippen LogP contribution in [0.15, 0.2) is 72.1 Å². The minimum atomic E-state index is -0.470. The van der Waals surface area contributed by atoms with Crippen LogP contribution >= 0.6 is 11.3 Å². The SMILES string of the molecule is CCOC(=O)c1ccc(NCc2cccc(-c3nc(-c4ccccc4)cs3)c2)nn1. The number of carbonyl (C=O) groups is 1. The predicted octanol–water partition coefficient (Wildman–Crippen LogP) is 5.06. The smallest absolute Gasteiger partial charge is 0.358 e. The highest BCUT2D eigenvalue weighted by Gasteiger charge is 2.09. The van der Waals surface area contributed by atoms with Gasteiger partial charge in [0.1, 0.15) is 10.8 Å². The minimum Gasteiger partial charge on any atom is -0.461 e. The van der Waals surface area contributed by atoms with Gasteiger partial charge in [-0.1, -0.05) is 48.5 Å². The Morgan fingerprint density at radius 1 is 1.00 bits per heavy atom. The number of carbonyl (C=O) groups excluding carboxylic acids is 1. The molecule has 0 saturated heterocycles. The van der Waals surface area contributed by atoms with Crippen LogP contribution in [0.3, 0.4) is 0 Å². The molecule has 0 unspecified atom stereocenters.